The van der Waals surface area contributed by atoms with Gasteiger partial charge in [-0.15, -0.1) is 0 Å². The van der Waals surface area contributed by atoms with Gasteiger partial charge in [0.05, 0.1) is 17.8 Å². The van der Waals surface area contributed by atoms with E-state index in [0.29, 0.717) is 17.1 Å². The van der Waals surface area contributed by atoms with E-state index in [-0.39, 0.29) is 5.91 Å². The summed E-state index contributed by atoms with van der Waals surface area (Å²) in [6.07, 6.45) is 3.94. The Morgan fingerprint density at radius 1 is 1.30 bits per heavy atom. The summed E-state index contributed by atoms with van der Waals surface area (Å²) in [4.78, 5) is 14.6. The molecule has 1 aromatic heterocycles. The van der Waals surface area contributed by atoms with Crippen molar-refractivity contribution in [1.29, 1.82) is 0 Å². The van der Waals surface area contributed by atoms with Crippen molar-refractivity contribution in [2.75, 3.05) is 18.4 Å². The molecule has 2 heterocycles. The zero-order valence-corrected chi connectivity index (χ0v) is 14.0. The normalized spacial score (nSPS) is 14.3. The molecule has 3 rings (SSSR count). The van der Waals surface area contributed by atoms with Gasteiger partial charge in [0.2, 0.25) is 0 Å². The maximum atomic E-state index is 12.7. The van der Waals surface area contributed by atoms with Crippen LogP contribution in [-0.4, -0.2) is 33.7 Å². The van der Waals surface area contributed by atoms with Gasteiger partial charge in [-0.05, 0) is 44.0 Å². The molecule has 23 heavy (non-hydrogen) atoms. The van der Waals surface area contributed by atoms with Gasteiger partial charge >= 0.3 is 0 Å². The number of hydrogen-bond acceptors (Lipinski definition) is 3. The Balaban J connectivity index is 1.80. The summed E-state index contributed by atoms with van der Waals surface area (Å²) in [5, 5.41) is 8.20. The molecule has 1 fully saturated rings. The molecular formula is C17H21ClN4O. The number of nitrogens with one attached hydrogen (secondary N) is 1. The lowest BCUT2D eigenvalue weighted by Gasteiger charge is -2.19. The Bertz CT molecular complexity index is 692. The van der Waals surface area contributed by atoms with Crippen LogP contribution in [0.15, 0.2) is 30.5 Å². The number of nitrogens with zero attached hydrogens (tertiary/aromatic N) is 3. The van der Waals surface area contributed by atoms with E-state index in [4.69, 9.17) is 11.6 Å². The minimum atomic E-state index is 0.0523. The molecule has 122 valence electrons. The number of anilines is 1. The molecule has 0 radical (unpaired) electrons. The lowest BCUT2D eigenvalue weighted by molar-refractivity contribution is 0.0793. The van der Waals surface area contributed by atoms with Crippen molar-refractivity contribution in [2.24, 2.45) is 0 Å². The van der Waals surface area contributed by atoms with Gasteiger partial charge in [-0.2, -0.15) is 5.10 Å². The van der Waals surface area contributed by atoms with E-state index in [2.05, 4.69) is 17.3 Å². The van der Waals surface area contributed by atoms with Crippen LogP contribution in [-0.2, 0) is 13.1 Å². The van der Waals surface area contributed by atoms with Crippen LogP contribution in [0.2, 0.25) is 5.02 Å². The molecule has 1 amide bonds. The summed E-state index contributed by atoms with van der Waals surface area (Å²) in [5.41, 5.74) is 2.54. The van der Waals surface area contributed by atoms with E-state index in [1.165, 1.54) is 0 Å². The molecule has 1 saturated heterocycles. The van der Waals surface area contributed by atoms with Gasteiger partial charge in [-0.25, -0.2) is 0 Å². The minimum absolute atomic E-state index is 0.0523. The smallest absolute Gasteiger partial charge is 0.256 e. The highest BCUT2D eigenvalue weighted by atomic mass is 35.5. The summed E-state index contributed by atoms with van der Waals surface area (Å²) < 4.78 is 1.94. The monoisotopic (exact) mass is 332 g/mol. The SMILES string of the molecule is CCn1nccc1CNc1ccc(Cl)cc1C(=O)N1CCCC1. The van der Waals surface area contributed by atoms with E-state index in [1.807, 2.05) is 27.8 Å². The third-order valence-corrected chi connectivity index (χ3v) is 4.40. The van der Waals surface area contributed by atoms with Crippen molar-refractivity contribution in [1.82, 2.24) is 14.7 Å². The van der Waals surface area contributed by atoms with Crippen LogP contribution < -0.4 is 5.32 Å². The number of aromatic nitrogens is 2. The third kappa shape index (κ3) is 3.50. The number of halogens is 1. The Labute approximate surface area is 141 Å². The molecule has 1 N–H and O–H groups in total. The predicted molar refractivity (Wildman–Crippen MR) is 91.8 cm³/mol. The first-order valence-corrected chi connectivity index (χ1v) is 8.40. The second-order valence-electron chi connectivity index (χ2n) is 5.68. The van der Waals surface area contributed by atoms with Gasteiger partial charge in [0.25, 0.3) is 5.91 Å². The predicted octanol–water partition coefficient (Wildman–Crippen LogP) is 3.40. The molecule has 0 aliphatic carbocycles. The standard InChI is InChI=1S/C17H21ClN4O/c1-2-22-14(7-8-20-22)12-19-16-6-5-13(18)11-15(16)17(23)21-9-3-4-10-21/h5-8,11,19H,2-4,9-10,12H2,1H3. The number of likely N-dealkylation sites (tertiary alicyclic amines) is 1. The van der Waals surface area contributed by atoms with Gasteiger partial charge in [-0.1, -0.05) is 11.6 Å². The zero-order chi connectivity index (χ0) is 16.2. The molecule has 5 nitrogen and oxygen atoms in total. The molecule has 1 aliphatic heterocycles. The molecular weight excluding hydrogens is 312 g/mol. The van der Waals surface area contributed by atoms with Crippen LogP contribution in [0.25, 0.3) is 0 Å². The summed E-state index contributed by atoms with van der Waals surface area (Å²) in [6.45, 7) is 5.15. The van der Waals surface area contributed by atoms with Crippen LogP contribution in [0.1, 0.15) is 35.8 Å². The van der Waals surface area contributed by atoms with Gasteiger partial charge in [0, 0.05) is 36.5 Å². The van der Waals surface area contributed by atoms with Crippen LogP contribution >= 0.6 is 11.6 Å². The first-order valence-electron chi connectivity index (χ1n) is 8.02. The molecule has 0 atom stereocenters. The quantitative estimate of drug-likeness (QED) is 0.913. The Morgan fingerprint density at radius 3 is 2.83 bits per heavy atom. The van der Waals surface area contributed by atoms with E-state index in [9.17, 15) is 4.79 Å². The van der Waals surface area contributed by atoms with Crippen molar-refractivity contribution in [2.45, 2.75) is 32.9 Å². The lowest BCUT2D eigenvalue weighted by Crippen LogP contribution is -2.28. The zero-order valence-electron chi connectivity index (χ0n) is 13.3. The third-order valence-electron chi connectivity index (χ3n) is 4.17. The fourth-order valence-corrected chi connectivity index (χ4v) is 3.09. The van der Waals surface area contributed by atoms with Crippen molar-refractivity contribution in [3.05, 3.63) is 46.7 Å². The number of benzene rings is 1. The molecule has 0 spiro atoms. The highest BCUT2D eigenvalue weighted by molar-refractivity contribution is 6.31. The van der Waals surface area contributed by atoms with Crippen molar-refractivity contribution < 1.29 is 4.79 Å². The van der Waals surface area contributed by atoms with Crippen molar-refractivity contribution >= 4 is 23.2 Å². The van der Waals surface area contributed by atoms with Crippen molar-refractivity contribution in [3.8, 4) is 0 Å². The Morgan fingerprint density at radius 2 is 2.09 bits per heavy atom. The first kappa shape index (κ1) is 15.9. The van der Waals surface area contributed by atoms with Crippen LogP contribution in [0.3, 0.4) is 0 Å². The number of carbonyl (C=O) groups is 1. The topological polar surface area (TPSA) is 50.2 Å². The average molecular weight is 333 g/mol. The summed E-state index contributed by atoms with van der Waals surface area (Å²) >= 11 is 6.10. The van der Waals surface area contributed by atoms with Gasteiger partial charge in [-0.3, -0.25) is 9.48 Å². The van der Waals surface area contributed by atoms with Crippen LogP contribution in [0.5, 0.6) is 0 Å². The lowest BCUT2D eigenvalue weighted by atomic mass is 10.1. The molecule has 6 heteroatoms. The van der Waals surface area contributed by atoms with E-state index in [0.717, 1.165) is 43.9 Å². The largest absolute Gasteiger partial charge is 0.379 e. The Hall–Kier alpha value is -2.01. The number of carbonyl (C=O) groups excluding carboxylic acids is 1. The fourth-order valence-electron chi connectivity index (χ4n) is 2.92. The van der Waals surface area contributed by atoms with E-state index < -0.39 is 0 Å². The molecule has 2 aromatic rings. The number of amides is 1. The van der Waals surface area contributed by atoms with E-state index >= 15 is 0 Å². The van der Waals surface area contributed by atoms with Crippen LogP contribution in [0.4, 0.5) is 5.69 Å². The highest BCUT2D eigenvalue weighted by Gasteiger charge is 2.22. The Kier molecular flexibility index (Phi) is 4.86. The maximum Gasteiger partial charge on any atom is 0.256 e. The number of rotatable bonds is 5. The number of aryl methyl sites for hydroxylation is 1. The molecule has 0 unspecified atom stereocenters. The van der Waals surface area contributed by atoms with Gasteiger partial charge in [0.1, 0.15) is 0 Å². The van der Waals surface area contributed by atoms with Gasteiger partial charge < -0.3 is 10.2 Å². The fraction of sp³-hybridized carbons (Fsp3) is 0.412. The summed E-state index contributed by atoms with van der Waals surface area (Å²) in [6, 6.07) is 7.41. The summed E-state index contributed by atoms with van der Waals surface area (Å²) in [7, 11) is 0. The van der Waals surface area contributed by atoms with Crippen LogP contribution in [0, 0.1) is 0 Å². The van der Waals surface area contributed by atoms with E-state index in [1.54, 1.807) is 12.3 Å². The highest BCUT2D eigenvalue weighted by Crippen LogP contribution is 2.24. The summed E-state index contributed by atoms with van der Waals surface area (Å²) in [5.74, 6) is 0.0523. The average Bonchev–Trinajstić information content (AvgIpc) is 3.24. The molecule has 1 aliphatic rings. The maximum absolute atomic E-state index is 12.7. The second-order valence-corrected chi connectivity index (χ2v) is 6.12. The second kappa shape index (κ2) is 7.04. The molecule has 1 aromatic carbocycles. The molecule has 0 bridgehead atoms. The van der Waals surface area contributed by atoms with Gasteiger partial charge in [0.15, 0.2) is 0 Å². The number of hydrogen-bond donors (Lipinski definition) is 1. The molecule has 0 saturated carbocycles. The minimum Gasteiger partial charge on any atom is -0.379 e. The first-order chi connectivity index (χ1) is 11.2. The van der Waals surface area contributed by atoms with Crippen molar-refractivity contribution in [3.63, 3.8) is 0 Å².